The van der Waals surface area contributed by atoms with Crippen molar-refractivity contribution in [3.05, 3.63) is 0 Å². The lowest BCUT2D eigenvalue weighted by atomic mass is 10.0. The van der Waals surface area contributed by atoms with Gasteiger partial charge in [-0.2, -0.15) is 0 Å². The zero-order chi connectivity index (χ0) is 12.4. The molecule has 2 heterocycles. The highest BCUT2D eigenvalue weighted by molar-refractivity contribution is 5.79. The number of rotatable bonds is 2. The molecular weight excluding hydrogens is 224 g/mol. The number of carbonyl (C=O) groups excluding carboxylic acids is 1. The fourth-order valence-corrected chi connectivity index (χ4v) is 2.24. The van der Waals surface area contributed by atoms with Gasteiger partial charge in [-0.05, 0) is 12.8 Å². The second-order valence-electron chi connectivity index (χ2n) is 4.68. The molecule has 0 aliphatic carbocycles. The smallest absolute Gasteiger partial charge is 0.320 e. The van der Waals surface area contributed by atoms with Gasteiger partial charge in [0.1, 0.15) is 0 Å². The normalized spacial score (nSPS) is 22.1. The lowest BCUT2D eigenvalue weighted by molar-refractivity contribution is -0.146. The summed E-state index contributed by atoms with van der Waals surface area (Å²) in [5.74, 6) is -1.20. The van der Waals surface area contributed by atoms with Crippen LogP contribution in [0.4, 0.5) is 4.79 Å². The van der Waals surface area contributed by atoms with Gasteiger partial charge in [0, 0.05) is 39.4 Å². The van der Waals surface area contributed by atoms with Crippen molar-refractivity contribution >= 4 is 12.0 Å². The number of urea groups is 1. The summed E-state index contributed by atoms with van der Waals surface area (Å²) in [4.78, 5) is 26.0. The van der Waals surface area contributed by atoms with Crippen molar-refractivity contribution in [2.24, 2.45) is 5.92 Å². The molecule has 2 saturated heterocycles. The van der Waals surface area contributed by atoms with Gasteiger partial charge in [0.15, 0.2) is 0 Å². The summed E-state index contributed by atoms with van der Waals surface area (Å²) in [5, 5.41) is 8.75. The Kier molecular flexibility index (Phi) is 3.51. The van der Waals surface area contributed by atoms with Crippen LogP contribution in [0.25, 0.3) is 0 Å². The van der Waals surface area contributed by atoms with Crippen LogP contribution in [-0.4, -0.2) is 66.3 Å². The maximum Gasteiger partial charge on any atom is 0.320 e. The fourth-order valence-electron chi connectivity index (χ4n) is 2.24. The molecule has 2 amide bonds. The van der Waals surface area contributed by atoms with Crippen molar-refractivity contribution in [2.45, 2.75) is 18.9 Å². The molecule has 2 aliphatic heterocycles. The molecule has 0 aromatic heterocycles. The highest BCUT2D eigenvalue weighted by Gasteiger charge is 2.38. The minimum Gasteiger partial charge on any atom is -0.481 e. The molecule has 0 saturated carbocycles. The zero-order valence-corrected chi connectivity index (χ0v) is 9.96. The molecule has 17 heavy (non-hydrogen) atoms. The average molecular weight is 242 g/mol. The molecule has 96 valence electrons. The standard InChI is InChI=1S/C11H18N2O4/c1-12(9-2-4-17-5-3-9)11(16)13-6-8(7-13)10(14)15/h8-9H,2-7H2,1H3,(H,14,15). The molecule has 2 aliphatic rings. The van der Waals surface area contributed by atoms with Crippen LogP contribution in [0.1, 0.15) is 12.8 Å². The maximum absolute atomic E-state index is 12.0. The van der Waals surface area contributed by atoms with Crippen LogP contribution in [0.2, 0.25) is 0 Å². The molecule has 0 unspecified atom stereocenters. The monoisotopic (exact) mass is 242 g/mol. The number of carboxylic acids is 1. The second kappa shape index (κ2) is 4.91. The Balaban J connectivity index is 1.82. The Bertz CT molecular complexity index is 309. The van der Waals surface area contributed by atoms with Crippen LogP contribution in [0.3, 0.4) is 0 Å². The molecule has 6 heteroatoms. The molecule has 1 N–H and O–H groups in total. The first-order valence-electron chi connectivity index (χ1n) is 5.92. The summed E-state index contributed by atoms with van der Waals surface area (Å²) >= 11 is 0. The van der Waals surface area contributed by atoms with Crippen LogP contribution in [0.15, 0.2) is 0 Å². The third-order valence-electron chi connectivity index (χ3n) is 3.54. The van der Waals surface area contributed by atoms with E-state index in [2.05, 4.69) is 0 Å². The lowest BCUT2D eigenvalue weighted by Crippen LogP contribution is -2.58. The van der Waals surface area contributed by atoms with Crippen molar-refractivity contribution in [3.8, 4) is 0 Å². The quantitative estimate of drug-likeness (QED) is 0.752. The third kappa shape index (κ3) is 2.52. The van der Waals surface area contributed by atoms with E-state index in [9.17, 15) is 9.59 Å². The first kappa shape index (κ1) is 12.2. The largest absolute Gasteiger partial charge is 0.481 e. The van der Waals surface area contributed by atoms with E-state index in [-0.39, 0.29) is 18.0 Å². The summed E-state index contributed by atoms with van der Waals surface area (Å²) < 4.78 is 5.25. The summed E-state index contributed by atoms with van der Waals surface area (Å²) in [7, 11) is 1.78. The fraction of sp³-hybridized carbons (Fsp3) is 0.818. The van der Waals surface area contributed by atoms with Crippen LogP contribution >= 0.6 is 0 Å². The van der Waals surface area contributed by atoms with Gasteiger partial charge >= 0.3 is 12.0 Å². The van der Waals surface area contributed by atoms with Crippen LogP contribution in [0, 0.1) is 5.92 Å². The van der Waals surface area contributed by atoms with E-state index >= 15 is 0 Å². The van der Waals surface area contributed by atoms with Gasteiger partial charge in [-0.25, -0.2) is 4.79 Å². The summed E-state index contributed by atoms with van der Waals surface area (Å²) in [6, 6.07) is 0.162. The van der Waals surface area contributed by atoms with E-state index < -0.39 is 5.97 Å². The first-order valence-corrected chi connectivity index (χ1v) is 5.92. The van der Waals surface area contributed by atoms with Gasteiger partial charge in [-0.15, -0.1) is 0 Å². The van der Waals surface area contributed by atoms with Crippen molar-refractivity contribution in [3.63, 3.8) is 0 Å². The number of likely N-dealkylation sites (tertiary alicyclic amines) is 1. The Morgan fingerprint density at radius 2 is 1.88 bits per heavy atom. The third-order valence-corrected chi connectivity index (χ3v) is 3.54. The summed E-state index contributed by atoms with van der Waals surface area (Å²) in [6.07, 6.45) is 1.72. The van der Waals surface area contributed by atoms with E-state index in [1.54, 1.807) is 16.8 Å². The molecule has 0 bridgehead atoms. The highest BCUT2D eigenvalue weighted by atomic mass is 16.5. The van der Waals surface area contributed by atoms with Crippen LogP contribution in [0.5, 0.6) is 0 Å². The van der Waals surface area contributed by atoms with Gasteiger partial charge in [-0.3, -0.25) is 4.79 Å². The Morgan fingerprint density at radius 3 is 2.41 bits per heavy atom. The van der Waals surface area contributed by atoms with E-state index in [4.69, 9.17) is 9.84 Å². The minimum absolute atomic E-state index is 0.0607. The number of hydrogen-bond acceptors (Lipinski definition) is 3. The zero-order valence-electron chi connectivity index (χ0n) is 9.96. The van der Waals surface area contributed by atoms with Crippen molar-refractivity contribution < 1.29 is 19.4 Å². The van der Waals surface area contributed by atoms with Gasteiger partial charge in [0.2, 0.25) is 0 Å². The highest BCUT2D eigenvalue weighted by Crippen LogP contribution is 2.20. The summed E-state index contributed by atoms with van der Waals surface area (Å²) in [5.41, 5.74) is 0. The number of aliphatic carboxylic acids is 1. The minimum atomic E-state index is -0.817. The Labute approximate surface area is 100 Å². The second-order valence-corrected chi connectivity index (χ2v) is 4.68. The van der Waals surface area contributed by atoms with Crippen LogP contribution < -0.4 is 0 Å². The van der Waals surface area contributed by atoms with Crippen molar-refractivity contribution in [1.29, 1.82) is 0 Å². The number of hydrogen-bond donors (Lipinski definition) is 1. The number of nitrogens with zero attached hydrogens (tertiary/aromatic N) is 2. The van der Waals surface area contributed by atoms with Gasteiger partial charge < -0.3 is 19.6 Å². The maximum atomic E-state index is 12.0. The number of carboxylic acid groups (broad SMARTS) is 1. The molecule has 0 spiro atoms. The Hall–Kier alpha value is -1.30. The van der Waals surface area contributed by atoms with Gasteiger partial charge in [0.25, 0.3) is 0 Å². The number of carbonyl (C=O) groups is 2. The Morgan fingerprint density at radius 1 is 1.29 bits per heavy atom. The first-order chi connectivity index (χ1) is 8.09. The molecule has 2 fully saturated rings. The van der Waals surface area contributed by atoms with E-state index in [0.717, 1.165) is 12.8 Å². The molecule has 6 nitrogen and oxygen atoms in total. The molecule has 2 rings (SSSR count). The van der Waals surface area contributed by atoms with E-state index in [1.807, 2.05) is 0 Å². The molecule has 0 aromatic carbocycles. The number of amides is 2. The predicted octanol–water partition coefficient (Wildman–Crippen LogP) is 0.234. The van der Waals surface area contributed by atoms with Crippen molar-refractivity contribution in [1.82, 2.24) is 9.80 Å². The van der Waals surface area contributed by atoms with E-state index in [0.29, 0.717) is 26.3 Å². The number of ether oxygens (including phenoxy) is 1. The predicted molar refractivity (Wildman–Crippen MR) is 59.7 cm³/mol. The van der Waals surface area contributed by atoms with Gasteiger partial charge in [0.05, 0.1) is 5.92 Å². The average Bonchev–Trinajstić information content (AvgIpc) is 2.26. The molecular formula is C11H18N2O4. The summed E-state index contributed by atoms with van der Waals surface area (Å²) in [6.45, 7) is 2.06. The molecule has 0 radical (unpaired) electrons. The topological polar surface area (TPSA) is 70.1 Å². The van der Waals surface area contributed by atoms with E-state index in [1.165, 1.54) is 0 Å². The van der Waals surface area contributed by atoms with Crippen LogP contribution in [-0.2, 0) is 9.53 Å². The van der Waals surface area contributed by atoms with Crippen molar-refractivity contribution in [2.75, 3.05) is 33.4 Å². The molecule has 0 aromatic rings. The van der Waals surface area contributed by atoms with Gasteiger partial charge in [-0.1, -0.05) is 0 Å². The lowest BCUT2D eigenvalue weighted by Gasteiger charge is -2.41. The SMILES string of the molecule is CN(C(=O)N1CC(C(=O)O)C1)C1CCOCC1. The molecule has 0 atom stereocenters.